The first-order chi connectivity index (χ1) is 15.7. The Kier molecular flexibility index (Phi) is 5.53. The number of carbonyl (C=O) groups excluding carboxylic acids is 2. The molecule has 3 heterocycles. The van der Waals surface area contributed by atoms with Gasteiger partial charge in [0.15, 0.2) is 0 Å². The Morgan fingerprint density at radius 1 is 0.875 bits per heavy atom. The highest BCUT2D eigenvalue weighted by atomic mass is 16.2. The van der Waals surface area contributed by atoms with Gasteiger partial charge in [0.2, 0.25) is 0 Å². The molecule has 0 spiro atoms. The summed E-state index contributed by atoms with van der Waals surface area (Å²) in [6, 6.07) is 17.7. The van der Waals surface area contributed by atoms with Crippen LogP contribution in [0.3, 0.4) is 0 Å². The predicted molar refractivity (Wildman–Crippen MR) is 126 cm³/mol. The predicted octanol–water partition coefficient (Wildman–Crippen LogP) is 3.13. The van der Waals surface area contributed by atoms with Crippen LogP contribution in [0.4, 0.5) is 0 Å². The van der Waals surface area contributed by atoms with E-state index < -0.39 is 0 Å². The van der Waals surface area contributed by atoms with Crippen molar-refractivity contribution in [1.82, 2.24) is 19.7 Å². The summed E-state index contributed by atoms with van der Waals surface area (Å²) in [5, 5.41) is 1.14. The first-order valence-corrected chi connectivity index (χ1v) is 11.4. The number of nitrogens with one attached hydrogen (secondary N) is 1. The zero-order valence-corrected chi connectivity index (χ0v) is 18.4. The molecule has 0 atom stereocenters. The fourth-order valence-corrected chi connectivity index (χ4v) is 4.78. The van der Waals surface area contributed by atoms with E-state index in [1.807, 2.05) is 54.7 Å². The molecule has 32 heavy (non-hydrogen) atoms. The number of benzene rings is 2. The van der Waals surface area contributed by atoms with Crippen LogP contribution in [-0.2, 0) is 16.0 Å². The number of aromatic amines is 1. The van der Waals surface area contributed by atoms with Crippen LogP contribution >= 0.6 is 0 Å². The van der Waals surface area contributed by atoms with Gasteiger partial charge in [0.1, 0.15) is 5.70 Å². The summed E-state index contributed by atoms with van der Waals surface area (Å²) < 4.78 is 0. The zero-order chi connectivity index (χ0) is 22.1. The van der Waals surface area contributed by atoms with Crippen LogP contribution in [0.15, 0.2) is 66.5 Å². The number of hydrogen-bond donors (Lipinski definition) is 1. The van der Waals surface area contributed by atoms with Crippen molar-refractivity contribution >= 4 is 28.3 Å². The Balaban J connectivity index is 1.43. The van der Waals surface area contributed by atoms with Crippen molar-refractivity contribution in [2.24, 2.45) is 0 Å². The van der Waals surface area contributed by atoms with Crippen LogP contribution in [0.5, 0.6) is 0 Å². The van der Waals surface area contributed by atoms with Crippen molar-refractivity contribution in [1.29, 1.82) is 0 Å². The monoisotopic (exact) mass is 428 g/mol. The molecule has 2 aliphatic rings. The molecule has 2 amide bonds. The molecule has 3 aromatic rings. The standard InChI is InChI=1S/C26H28N4O2/c1-2-28-14-16-29(17-15-28)24-23(19-8-4-3-5-9-19)25(31)30(26(24)32)13-12-20-18-27-22-11-7-6-10-21(20)22/h3-11,18,27H,2,12-17H2,1H3. The Labute approximate surface area is 188 Å². The van der Waals surface area contributed by atoms with E-state index in [9.17, 15) is 9.59 Å². The lowest BCUT2D eigenvalue weighted by Gasteiger charge is -2.36. The number of piperazine rings is 1. The van der Waals surface area contributed by atoms with Crippen LogP contribution in [0.2, 0.25) is 0 Å². The van der Waals surface area contributed by atoms with E-state index in [1.165, 1.54) is 4.90 Å². The lowest BCUT2D eigenvalue weighted by Crippen LogP contribution is -2.47. The molecule has 0 unspecified atom stereocenters. The number of carbonyl (C=O) groups is 2. The fourth-order valence-electron chi connectivity index (χ4n) is 4.78. The van der Waals surface area contributed by atoms with E-state index in [2.05, 4.69) is 27.8 Å². The Morgan fingerprint density at radius 3 is 2.34 bits per heavy atom. The van der Waals surface area contributed by atoms with Crippen molar-refractivity contribution in [3.63, 3.8) is 0 Å². The maximum absolute atomic E-state index is 13.6. The van der Waals surface area contributed by atoms with Gasteiger partial charge < -0.3 is 14.8 Å². The molecule has 0 bridgehead atoms. The number of likely N-dealkylation sites (N-methyl/N-ethyl adjacent to an activating group) is 1. The van der Waals surface area contributed by atoms with Gasteiger partial charge in [-0.1, -0.05) is 55.5 Å². The van der Waals surface area contributed by atoms with Gasteiger partial charge >= 0.3 is 0 Å². The highest BCUT2D eigenvalue weighted by molar-refractivity contribution is 6.35. The molecule has 0 radical (unpaired) electrons. The number of fused-ring (bicyclic) bond motifs is 1. The average Bonchev–Trinajstić information content (AvgIpc) is 3.36. The summed E-state index contributed by atoms with van der Waals surface area (Å²) in [4.78, 5) is 36.3. The minimum absolute atomic E-state index is 0.168. The lowest BCUT2D eigenvalue weighted by atomic mass is 10.0. The molecule has 2 aliphatic heterocycles. The van der Waals surface area contributed by atoms with Crippen LogP contribution in [0, 0.1) is 0 Å². The Bertz CT molecular complexity index is 1170. The normalized spacial score (nSPS) is 17.8. The van der Waals surface area contributed by atoms with E-state index in [0.717, 1.165) is 54.8 Å². The molecular weight excluding hydrogens is 400 g/mol. The van der Waals surface area contributed by atoms with Crippen LogP contribution in [0.1, 0.15) is 18.1 Å². The molecule has 6 heteroatoms. The van der Waals surface area contributed by atoms with Gasteiger partial charge in [0.05, 0.1) is 5.57 Å². The molecule has 0 aliphatic carbocycles. The molecule has 6 nitrogen and oxygen atoms in total. The van der Waals surface area contributed by atoms with E-state index in [1.54, 1.807) is 0 Å². The minimum atomic E-state index is -0.186. The second-order valence-corrected chi connectivity index (χ2v) is 8.38. The number of hydrogen-bond acceptors (Lipinski definition) is 4. The summed E-state index contributed by atoms with van der Waals surface area (Å²) in [5.74, 6) is -0.354. The van der Waals surface area contributed by atoms with Crippen molar-refractivity contribution in [3.8, 4) is 0 Å². The largest absolute Gasteiger partial charge is 0.364 e. The third-order valence-electron chi connectivity index (χ3n) is 6.62. The van der Waals surface area contributed by atoms with Crippen molar-refractivity contribution in [2.45, 2.75) is 13.3 Å². The zero-order valence-electron chi connectivity index (χ0n) is 18.4. The number of aromatic nitrogens is 1. The van der Waals surface area contributed by atoms with Gasteiger partial charge in [0.25, 0.3) is 11.8 Å². The third kappa shape index (κ3) is 3.60. The quantitative estimate of drug-likeness (QED) is 0.613. The van der Waals surface area contributed by atoms with Gasteiger partial charge in [-0.05, 0) is 30.2 Å². The first kappa shape index (κ1) is 20.5. The van der Waals surface area contributed by atoms with E-state index in [-0.39, 0.29) is 11.8 Å². The molecule has 164 valence electrons. The number of nitrogens with zero attached hydrogens (tertiary/aromatic N) is 3. The number of H-pyrrole nitrogens is 1. The highest BCUT2D eigenvalue weighted by Crippen LogP contribution is 2.32. The van der Waals surface area contributed by atoms with Crippen molar-refractivity contribution < 1.29 is 9.59 Å². The van der Waals surface area contributed by atoms with Gasteiger partial charge in [-0.3, -0.25) is 14.5 Å². The van der Waals surface area contributed by atoms with Gasteiger partial charge in [-0.2, -0.15) is 0 Å². The molecule has 5 rings (SSSR count). The molecule has 2 aromatic carbocycles. The van der Waals surface area contributed by atoms with Crippen molar-refractivity contribution in [2.75, 3.05) is 39.3 Å². The first-order valence-electron chi connectivity index (χ1n) is 11.4. The number of imide groups is 1. The Morgan fingerprint density at radius 2 is 1.59 bits per heavy atom. The average molecular weight is 429 g/mol. The molecule has 1 N–H and O–H groups in total. The highest BCUT2D eigenvalue weighted by Gasteiger charge is 2.41. The van der Waals surface area contributed by atoms with E-state index >= 15 is 0 Å². The van der Waals surface area contributed by atoms with Crippen LogP contribution < -0.4 is 0 Å². The smallest absolute Gasteiger partial charge is 0.277 e. The maximum Gasteiger partial charge on any atom is 0.277 e. The summed E-state index contributed by atoms with van der Waals surface area (Å²) in [7, 11) is 0. The molecule has 1 aromatic heterocycles. The second-order valence-electron chi connectivity index (χ2n) is 8.38. The molecular formula is C26H28N4O2. The van der Waals surface area contributed by atoms with Crippen LogP contribution in [-0.4, -0.2) is 70.8 Å². The lowest BCUT2D eigenvalue weighted by molar-refractivity contribution is -0.137. The number of para-hydroxylation sites is 1. The number of amides is 2. The number of rotatable bonds is 6. The van der Waals surface area contributed by atoms with Gasteiger partial charge in [-0.15, -0.1) is 0 Å². The Hall–Kier alpha value is -3.38. The fraction of sp³-hybridized carbons (Fsp3) is 0.308. The van der Waals surface area contributed by atoms with Gasteiger partial charge in [-0.25, -0.2) is 0 Å². The minimum Gasteiger partial charge on any atom is -0.364 e. The maximum atomic E-state index is 13.6. The summed E-state index contributed by atoms with van der Waals surface area (Å²) >= 11 is 0. The SMILES string of the molecule is CCN1CCN(C2=C(c3ccccc3)C(=O)N(CCc3c[nH]c4ccccc34)C2=O)CC1. The van der Waals surface area contributed by atoms with Gasteiger partial charge in [0, 0.05) is 49.8 Å². The molecule has 1 saturated heterocycles. The molecule has 0 saturated carbocycles. The second kappa shape index (κ2) is 8.63. The molecule has 1 fully saturated rings. The van der Waals surface area contributed by atoms with Crippen molar-refractivity contribution in [3.05, 3.63) is 77.6 Å². The summed E-state index contributed by atoms with van der Waals surface area (Å²) in [6.07, 6.45) is 2.60. The topological polar surface area (TPSA) is 59.6 Å². The van der Waals surface area contributed by atoms with Crippen LogP contribution in [0.25, 0.3) is 16.5 Å². The van der Waals surface area contributed by atoms with E-state index in [4.69, 9.17) is 0 Å². The summed E-state index contributed by atoms with van der Waals surface area (Å²) in [6.45, 7) is 6.85. The van der Waals surface area contributed by atoms with E-state index in [0.29, 0.717) is 24.2 Å². The summed E-state index contributed by atoms with van der Waals surface area (Å²) in [5.41, 5.74) is 4.11. The third-order valence-corrected chi connectivity index (χ3v) is 6.62.